The summed E-state index contributed by atoms with van der Waals surface area (Å²) in [5.41, 5.74) is 0.866. The molecule has 3 nitrogen and oxygen atoms in total. The van der Waals surface area contributed by atoms with Gasteiger partial charge < -0.3 is 0 Å². The van der Waals surface area contributed by atoms with Gasteiger partial charge >= 0.3 is 0 Å². The van der Waals surface area contributed by atoms with Crippen LogP contribution in [0, 0.1) is 0 Å². The molecule has 16 heavy (non-hydrogen) atoms. The van der Waals surface area contributed by atoms with Gasteiger partial charge in [0.15, 0.2) is 5.78 Å². The summed E-state index contributed by atoms with van der Waals surface area (Å²) < 4.78 is 3.88. The molecule has 0 aliphatic heterocycles. The van der Waals surface area contributed by atoms with Gasteiger partial charge in [-0.15, -0.1) is 5.10 Å². The van der Waals surface area contributed by atoms with Crippen LogP contribution in [0.25, 0.3) is 0 Å². The molecule has 0 unspecified atom stereocenters. The summed E-state index contributed by atoms with van der Waals surface area (Å²) >= 11 is 1.24. The molecule has 0 aromatic carbocycles. The number of hydrogen-bond donors (Lipinski definition) is 0. The molecule has 0 spiro atoms. The average Bonchev–Trinajstić information content (AvgIpc) is 2.73. The molecule has 0 amide bonds. The fourth-order valence-corrected chi connectivity index (χ4v) is 2.38. The SMILES string of the molecule is CCCCCCC(=O)c1snnc1C(C)C. The summed E-state index contributed by atoms with van der Waals surface area (Å²) in [7, 11) is 0. The van der Waals surface area contributed by atoms with Crippen LogP contribution in [0.2, 0.25) is 0 Å². The van der Waals surface area contributed by atoms with E-state index in [9.17, 15) is 4.79 Å². The van der Waals surface area contributed by atoms with Crippen LogP contribution >= 0.6 is 11.5 Å². The minimum Gasteiger partial charge on any atom is -0.293 e. The van der Waals surface area contributed by atoms with Gasteiger partial charge in [0.25, 0.3) is 0 Å². The first-order valence-corrected chi connectivity index (χ1v) is 6.79. The molecular formula is C12H20N2OS. The van der Waals surface area contributed by atoms with Gasteiger partial charge in [-0.2, -0.15) is 0 Å². The third-order valence-corrected chi connectivity index (χ3v) is 3.35. The molecule has 0 aliphatic carbocycles. The summed E-state index contributed by atoms with van der Waals surface area (Å²) in [6.45, 7) is 6.26. The Morgan fingerprint density at radius 2 is 2.06 bits per heavy atom. The monoisotopic (exact) mass is 240 g/mol. The summed E-state index contributed by atoms with van der Waals surface area (Å²) in [6, 6.07) is 0. The Hall–Kier alpha value is -0.770. The van der Waals surface area contributed by atoms with Crippen LogP contribution in [-0.2, 0) is 0 Å². The molecule has 1 rings (SSSR count). The summed E-state index contributed by atoms with van der Waals surface area (Å²) in [4.78, 5) is 12.7. The van der Waals surface area contributed by atoms with Crippen molar-refractivity contribution < 1.29 is 4.79 Å². The lowest BCUT2D eigenvalue weighted by Crippen LogP contribution is -2.02. The third kappa shape index (κ3) is 3.67. The number of ketones is 1. The second-order valence-corrected chi connectivity index (χ2v) is 5.13. The van der Waals surface area contributed by atoms with Gasteiger partial charge in [-0.3, -0.25) is 4.79 Å². The quantitative estimate of drug-likeness (QED) is 0.537. The van der Waals surface area contributed by atoms with E-state index in [1.807, 2.05) is 13.8 Å². The second kappa shape index (κ2) is 6.74. The first kappa shape index (κ1) is 13.3. The Balaban J connectivity index is 2.49. The highest BCUT2D eigenvalue weighted by Crippen LogP contribution is 2.22. The van der Waals surface area contributed by atoms with Crippen molar-refractivity contribution in [1.29, 1.82) is 0 Å². The van der Waals surface area contributed by atoms with Crippen LogP contribution in [0.4, 0.5) is 0 Å². The van der Waals surface area contributed by atoms with Gasteiger partial charge in [-0.05, 0) is 23.9 Å². The molecule has 0 aliphatic rings. The standard InChI is InChI=1S/C12H20N2OS/c1-4-5-6-7-8-10(15)12-11(9(2)3)13-14-16-12/h9H,4-8H2,1-3H3. The molecule has 1 aromatic rings. The minimum atomic E-state index is 0.217. The van der Waals surface area contributed by atoms with Crippen LogP contribution < -0.4 is 0 Å². The van der Waals surface area contributed by atoms with Crippen molar-refractivity contribution in [2.45, 2.75) is 58.8 Å². The van der Waals surface area contributed by atoms with Crippen molar-refractivity contribution in [3.63, 3.8) is 0 Å². The van der Waals surface area contributed by atoms with Crippen molar-refractivity contribution in [1.82, 2.24) is 9.59 Å². The molecule has 90 valence electrons. The Morgan fingerprint density at radius 3 is 2.69 bits per heavy atom. The molecule has 4 heteroatoms. The first-order valence-electron chi connectivity index (χ1n) is 6.02. The summed E-state index contributed by atoms with van der Waals surface area (Å²) in [6.07, 6.45) is 5.19. The number of Topliss-reactive ketones (excluding diaryl/α,β-unsaturated/α-hetero) is 1. The topological polar surface area (TPSA) is 42.9 Å². The molecular weight excluding hydrogens is 220 g/mol. The zero-order valence-electron chi connectivity index (χ0n) is 10.3. The Bertz CT molecular complexity index is 334. The molecule has 0 saturated heterocycles. The van der Waals surface area contributed by atoms with Crippen molar-refractivity contribution >= 4 is 17.3 Å². The summed E-state index contributed by atoms with van der Waals surface area (Å²) in [5, 5.41) is 4.03. The zero-order chi connectivity index (χ0) is 12.0. The van der Waals surface area contributed by atoms with Crippen molar-refractivity contribution in [3.8, 4) is 0 Å². The fraction of sp³-hybridized carbons (Fsp3) is 0.750. The molecule has 0 atom stereocenters. The predicted octanol–water partition coefficient (Wildman–Crippen LogP) is 3.81. The molecule has 0 fully saturated rings. The Labute approximate surface area is 101 Å². The highest BCUT2D eigenvalue weighted by atomic mass is 32.1. The maximum absolute atomic E-state index is 11.9. The van der Waals surface area contributed by atoms with Gasteiger partial charge in [-0.25, -0.2) is 0 Å². The van der Waals surface area contributed by atoms with Crippen LogP contribution in [0.3, 0.4) is 0 Å². The predicted molar refractivity (Wildman–Crippen MR) is 67.1 cm³/mol. The van der Waals surface area contributed by atoms with Gasteiger partial charge in [0, 0.05) is 6.42 Å². The maximum Gasteiger partial charge on any atom is 0.176 e. The summed E-state index contributed by atoms with van der Waals surface area (Å²) in [5.74, 6) is 0.503. The van der Waals surface area contributed by atoms with E-state index in [-0.39, 0.29) is 11.7 Å². The third-order valence-electron chi connectivity index (χ3n) is 2.57. The normalized spacial score (nSPS) is 11.0. The van der Waals surface area contributed by atoms with E-state index in [4.69, 9.17) is 0 Å². The highest BCUT2D eigenvalue weighted by Gasteiger charge is 2.17. The second-order valence-electron chi connectivity index (χ2n) is 4.38. The number of carbonyl (C=O) groups is 1. The first-order chi connectivity index (χ1) is 7.66. The Kier molecular flexibility index (Phi) is 5.60. The average molecular weight is 240 g/mol. The van der Waals surface area contributed by atoms with Crippen molar-refractivity contribution in [2.75, 3.05) is 0 Å². The lowest BCUT2D eigenvalue weighted by molar-refractivity contribution is 0.0981. The molecule has 0 saturated carbocycles. The fourth-order valence-electron chi connectivity index (χ4n) is 1.59. The van der Waals surface area contributed by atoms with Crippen LogP contribution in [0.5, 0.6) is 0 Å². The minimum absolute atomic E-state index is 0.217. The Morgan fingerprint density at radius 1 is 1.31 bits per heavy atom. The lowest BCUT2D eigenvalue weighted by atomic mass is 10.0. The van der Waals surface area contributed by atoms with E-state index in [1.54, 1.807) is 0 Å². The number of nitrogens with zero attached hydrogens (tertiary/aromatic N) is 2. The van der Waals surface area contributed by atoms with E-state index in [2.05, 4.69) is 16.5 Å². The van der Waals surface area contributed by atoms with E-state index < -0.39 is 0 Å². The van der Waals surface area contributed by atoms with Crippen molar-refractivity contribution in [3.05, 3.63) is 10.6 Å². The van der Waals surface area contributed by atoms with E-state index >= 15 is 0 Å². The molecule has 0 radical (unpaired) electrons. The van der Waals surface area contributed by atoms with E-state index in [0.29, 0.717) is 6.42 Å². The van der Waals surface area contributed by atoms with Gasteiger partial charge in [0.1, 0.15) is 4.88 Å². The molecule has 1 aromatic heterocycles. The van der Waals surface area contributed by atoms with E-state index in [1.165, 1.54) is 24.4 Å². The largest absolute Gasteiger partial charge is 0.293 e. The van der Waals surface area contributed by atoms with Gasteiger partial charge in [0.05, 0.1) is 5.69 Å². The maximum atomic E-state index is 11.9. The molecule has 0 N–H and O–H groups in total. The lowest BCUT2D eigenvalue weighted by Gasteiger charge is -2.03. The number of unbranched alkanes of at least 4 members (excludes halogenated alkanes) is 3. The number of rotatable bonds is 7. The number of aromatic nitrogens is 2. The number of hydrogen-bond acceptors (Lipinski definition) is 4. The smallest absolute Gasteiger partial charge is 0.176 e. The van der Waals surface area contributed by atoms with Crippen molar-refractivity contribution in [2.24, 2.45) is 0 Å². The van der Waals surface area contributed by atoms with Gasteiger partial charge in [0.2, 0.25) is 0 Å². The van der Waals surface area contributed by atoms with Crippen LogP contribution in [0.15, 0.2) is 0 Å². The van der Waals surface area contributed by atoms with E-state index in [0.717, 1.165) is 23.4 Å². The zero-order valence-corrected chi connectivity index (χ0v) is 11.1. The highest BCUT2D eigenvalue weighted by molar-refractivity contribution is 7.08. The van der Waals surface area contributed by atoms with Gasteiger partial charge in [-0.1, -0.05) is 44.5 Å². The number of carbonyl (C=O) groups excluding carboxylic acids is 1. The molecule has 0 bridgehead atoms. The van der Waals surface area contributed by atoms with Crippen LogP contribution in [0.1, 0.15) is 74.2 Å². The molecule has 1 heterocycles. The van der Waals surface area contributed by atoms with Crippen LogP contribution in [-0.4, -0.2) is 15.4 Å².